The van der Waals surface area contributed by atoms with E-state index in [-0.39, 0.29) is 10.6 Å². The zero-order chi connectivity index (χ0) is 11.7. The molecule has 4 heteroatoms. The van der Waals surface area contributed by atoms with E-state index in [4.69, 9.17) is 23.2 Å². The highest BCUT2D eigenvalue weighted by Crippen LogP contribution is 2.33. The predicted octanol–water partition coefficient (Wildman–Crippen LogP) is 4.94. The first-order valence-electron chi connectivity index (χ1n) is 4.49. The van der Waals surface area contributed by atoms with Crippen LogP contribution in [0.5, 0.6) is 0 Å². The van der Waals surface area contributed by atoms with Gasteiger partial charge in [-0.05, 0) is 11.6 Å². The number of halogens is 4. The highest BCUT2D eigenvalue weighted by molar-refractivity contribution is 6.35. The maximum Gasteiger partial charge on any atom is 0.163 e. The Bertz CT molecular complexity index is 524. The van der Waals surface area contributed by atoms with Gasteiger partial charge in [-0.3, -0.25) is 0 Å². The summed E-state index contributed by atoms with van der Waals surface area (Å²) in [7, 11) is 0. The molecule has 0 spiro atoms. The van der Waals surface area contributed by atoms with Gasteiger partial charge in [0.2, 0.25) is 0 Å². The summed E-state index contributed by atoms with van der Waals surface area (Å²) in [6.07, 6.45) is 0. The summed E-state index contributed by atoms with van der Waals surface area (Å²) in [6.45, 7) is 0. The van der Waals surface area contributed by atoms with Crippen molar-refractivity contribution in [3.05, 3.63) is 58.1 Å². The summed E-state index contributed by atoms with van der Waals surface area (Å²) in [4.78, 5) is 0. The maximum atomic E-state index is 13.7. The first-order valence-corrected chi connectivity index (χ1v) is 5.25. The van der Waals surface area contributed by atoms with Gasteiger partial charge < -0.3 is 0 Å². The largest absolute Gasteiger partial charge is 0.205 e. The summed E-state index contributed by atoms with van der Waals surface area (Å²) in [5.41, 5.74) is 0.792. The Labute approximate surface area is 101 Å². The molecule has 82 valence electrons. The van der Waals surface area contributed by atoms with Crippen molar-refractivity contribution in [2.24, 2.45) is 0 Å². The molecule has 0 atom stereocenters. The van der Waals surface area contributed by atoms with Crippen LogP contribution >= 0.6 is 23.2 Å². The van der Waals surface area contributed by atoms with Crippen molar-refractivity contribution >= 4 is 23.2 Å². The molecule has 0 nitrogen and oxygen atoms in total. The van der Waals surface area contributed by atoms with E-state index in [1.807, 2.05) is 0 Å². The number of hydrogen-bond donors (Lipinski definition) is 0. The van der Waals surface area contributed by atoms with E-state index in [0.29, 0.717) is 5.56 Å². The van der Waals surface area contributed by atoms with Gasteiger partial charge in [0.05, 0.1) is 5.02 Å². The van der Waals surface area contributed by atoms with Crippen LogP contribution in [0.15, 0.2) is 36.4 Å². The zero-order valence-electron chi connectivity index (χ0n) is 7.98. The number of benzene rings is 2. The molecule has 0 radical (unpaired) electrons. The first kappa shape index (κ1) is 11.4. The first-order chi connectivity index (χ1) is 7.61. The molecule has 0 N–H and O–H groups in total. The van der Waals surface area contributed by atoms with E-state index < -0.39 is 16.7 Å². The summed E-state index contributed by atoms with van der Waals surface area (Å²) in [6, 6.07) is 9.92. The monoisotopic (exact) mass is 258 g/mol. The lowest BCUT2D eigenvalue weighted by Crippen LogP contribution is -1.90. The van der Waals surface area contributed by atoms with Gasteiger partial charge in [0, 0.05) is 5.56 Å². The fourth-order valence-electron chi connectivity index (χ4n) is 1.40. The Balaban J connectivity index is 2.68. The van der Waals surface area contributed by atoms with Crippen molar-refractivity contribution in [1.82, 2.24) is 0 Å². The Kier molecular flexibility index (Phi) is 3.13. The van der Waals surface area contributed by atoms with Crippen molar-refractivity contribution in [2.75, 3.05) is 0 Å². The second-order valence-corrected chi connectivity index (χ2v) is 4.00. The van der Waals surface area contributed by atoms with Crippen molar-refractivity contribution in [3.8, 4) is 11.1 Å². The van der Waals surface area contributed by atoms with Gasteiger partial charge in [-0.15, -0.1) is 0 Å². The molecule has 16 heavy (non-hydrogen) atoms. The van der Waals surface area contributed by atoms with E-state index in [1.165, 1.54) is 6.07 Å². The Morgan fingerprint density at radius 2 is 1.50 bits per heavy atom. The van der Waals surface area contributed by atoms with Crippen LogP contribution in [0.4, 0.5) is 8.78 Å². The topological polar surface area (TPSA) is 0 Å². The van der Waals surface area contributed by atoms with Gasteiger partial charge in [-0.25, -0.2) is 8.78 Å². The number of hydrogen-bond acceptors (Lipinski definition) is 0. The standard InChI is InChI=1S/C12H6Cl2F2/c13-9-6-8(7-4-2-1-3-5-7)11(15)10(14)12(9)16/h1-6H. The van der Waals surface area contributed by atoms with Crippen molar-refractivity contribution in [3.63, 3.8) is 0 Å². The van der Waals surface area contributed by atoms with E-state index in [0.717, 1.165) is 0 Å². The summed E-state index contributed by atoms with van der Waals surface area (Å²) < 4.78 is 26.9. The Morgan fingerprint density at radius 3 is 2.12 bits per heavy atom. The molecule has 0 bridgehead atoms. The smallest absolute Gasteiger partial charge is 0.163 e. The molecule has 0 fully saturated rings. The van der Waals surface area contributed by atoms with Gasteiger partial charge in [-0.1, -0.05) is 53.5 Å². The second-order valence-electron chi connectivity index (χ2n) is 3.21. The Morgan fingerprint density at radius 1 is 0.875 bits per heavy atom. The fourth-order valence-corrected chi connectivity index (χ4v) is 1.86. The third-order valence-electron chi connectivity index (χ3n) is 2.19. The minimum atomic E-state index is -0.930. The van der Waals surface area contributed by atoms with Crippen LogP contribution in [-0.2, 0) is 0 Å². The van der Waals surface area contributed by atoms with Crippen LogP contribution in [0.1, 0.15) is 0 Å². The molecule has 0 aliphatic carbocycles. The summed E-state index contributed by atoms with van der Waals surface area (Å²) in [5, 5.41) is -0.767. The van der Waals surface area contributed by atoms with Gasteiger partial charge >= 0.3 is 0 Å². The lowest BCUT2D eigenvalue weighted by molar-refractivity contribution is 0.586. The van der Waals surface area contributed by atoms with Crippen molar-refractivity contribution in [2.45, 2.75) is 0 Å². The molecule has 0 aliphatic heterocycles. The van der Waals surface area contributed by atoms with Gasteiger partial charge in [0.25, 0.3) is 0 Å². The van der Waals surface area contributed by atoms with Crippen LogP contribution in [0.2, 0.25) is 10.0 Å². The Hall–Kier alpha value is -1.12. The van der Waals surface area contributed by atoms with Crippen LogP contribution in [0.3, 0.4) is 0 Å². The molecule has 2 aromatic carbocycles. The van der Waals surface area contributed by atoms with Crippen molar-refractivity contribution < 1.29 is 8.78 Å². The number of rotatable bonds is 1. The average Bonchev–Trinajstić information content (AvgIpc) is 2.32. The fraction of sp³-hybridized carbons (Fsp3) is 0. The molecule has 0 aromatic heterocycles. The lowest BCUT2D eigenvalue weighted by atomic mass is 10.1. The average molecular weight is 259 g/mol. The van der Waals surface area contributed by atoms with Crippen LogP contribution in [-0.4, -0.2) is 0 Å². The summed E-state index contributed by atoms with van der Waals surface area (Å²) >= 11 is 11.1. The van der Waals surface area contributed by atoms with Crippen LogP contribution in [0.25, 0.3) is 11.1 Å². The molecule has 0 aliphatic rings. The zero-order valence-corrected chi connectivity index (χ0v) is 9.49. The molecule has 2 aromatic rings. The molecule has 0 unspecified atom stereocenters. The molecular weight excluding hydrogens is 253 g/mol. The minimum absolute atomic E-state index is 0.190. The van der Waals surface area contributed by atoms with Crippen molar-refractivity contribution in [1.29, 1.82) is 0 Å². The predicted molar refractivity (Wildman–Crippen MR) is 61.8 cm³/mol. The molecule has 0 saturated carbocycles. The van der Waals surface area contributed by atoms with Gasteiger partial charge in [0.1, 0.15) is 5.02 Å². The van der Waals surface area contributed by atoms with Crippen LogP contribution < -0.4 is 0 Å². The lowest BCUT2D eigenvalue weighted by Gasteiger charge is -2.07. The second kappa shape index (κ2) is 4.40. The van der Waals surface area contributed by atoms with E-state index in [2.05, 4.69) is 0 Å². The molecule has 2 rings (SSSR count). The van der Waals surface area contributed by atoms with Gasteiger partial charge in [-0.2, -0.15) is 0 Å². The molecular formula is C12H6Cl2F2. The quantitative estimate of drug-likeness (QED) is 0.502. The maximum absolute atomic E-state index is 13.7. The van der Waals surface area contributed by atoms with E-state index in [9.17, 15) is 8.78 Å². The third-order valence-corrected chi connectivity index (χ3v) is 2.79. The van der Waals surface area contributed by atoms with E-state index in [1.54, 1.807) is 30.3 Å². The molecule has 0 saturated heterocycles. The SMILES string of the molecule is Fc1c(Cl)cc(-c2ccccc2)c(F)c1Cl. The normalized spacial score (nSPS) is 10.5. The molecule has 0 amide bonds. The highest BCUT2D eigenvalue weighted by Gasteiger charge is 2.16. The minimum Gasteiger partial charge on any atom is -0.205 e. The highest BCUT2D eigenvalue weighted by atomic mass is 35.5. The molecule has 0 heterocycles. The summed E-state index contributed by atoms with van der Waals surface area (Å²) in [5.74, 6) is -1.73. The van der Waals surface area contributed by atoms with Gasteiger partial charge in [0.15, 0.2) is 11.6 Å². The third kappa shape index (κ3) is 1.91. The van der Waals surface area contributed by atoms with E-state index >= 15 is 0 Å². The van der Waals surface area contributed by atoms with Crippen LogP contribution in [0, 0.1) is 11.6 Å².